The minimum Gasteiger partial charge on any atom is -0.398 e. The Bertz CT molecular complexity index is 774. The number of sulfonamides is 1. The summed E-state index contributed by atoms with van der Waals surface area (Å²) in [5.41, 5.74) is 11.6. The van der Waals surface area contributed by atoms with Crippen LogP contribution < -0.4 is 16.2 Å². The van der Waals surface area contributed by atoms with Crippen LogP contribution in [-0.2, 0) is 14.8 Å². The molecule has 0 radical (unpaired) electrons. The second-order valence-electron chi connectivity index (χ2n) is 4.52. The van der Waals surface area contributed by atoms with Crippen molar-refractivity contribution in [2.75, 3.05) is 12.3 Å². The minimum absolute atomic E-state index is 0.0615. The fraction of sp³-hybridized carbons (Fsp3) is 0.231. The maximum Gasteiger partial charge on any atom is 0.242 e. The van der Waals surface area contributed by atoms with Crippen molar-refractivity contribution in [3.05, 3.63) is 30.5 Å². The normalized spacial score (nSPS) is 11.6. The number of carbonyl (C=O) groups is 1. The smallest absolute Gasteiger partial charge is 0.242 e. The molecule has 0 saturated carbocycles. The van der Waals surface area contributed by atoms with Crippen LogP contribution in [0.25, 0.3) is 10.9 Å². The fourth-order valence-electron chi connectivity index (χ4n) is 1.93. The molecule has 0 bridgehead atoms. The monoisotopic (exact) mass is 308 g/mol. The number of hydrogen-bond acceptors (Lipinski definition) is 5. The maximum absolute atomic E-state index is 12.3. The van der Waals surface area contributed by atoms with E-state index in [0.717, 1.165) is 0 Å². The highest BCUT2D eigenvalue weighted by atomic mass is 32.2. The Morgan fingerprint density at radius 1 is 1.29 bits per heavy atom. The topological polar surface area (TPSA) is 128 Å². The van der Waals surface area contributed by atoms with E-state index < -0.39 is 15.9 Å². The number of rotatable bonds is 6. The Kier molecular flexibility index (Phi) is 4.39. The van der Waals surface area contributed by atoms with Crippen molar-refractivity contribution in [2.45, 2.75) is 17.7 Å². The SMILES string of the molecule is NC(=O)CCCNS(=O)(=O)c1ccc(N)c2cccnc12. The van der Waals surface area contributed by atoms with Gasteiger partial charge in [0, 0.05) is 30.2 Å². The molecule has 1 aromatic heterocycles. The predicted octanol–water partition coefficient (Wildman–Crippen LogP) is 0.361. The molecule has 0 fully saturated rings. The van der Waals surface area contributed by atoms with E-state index in [2.05, 4.69) is 9.71 Å². The van der Waals surface area contributed by atoms with E-state index in [-0.39, 0.29) is 17.9 Å². The number of nitrogens with two attached hydrogens (primary N) is 2. The van der Waals surface area contributed by atoms with Crippen LogP contribution in [0.5, 0.6) is 0 Å². The molecule has 0 atom stereocenters. The van der Waals surface area contributed by atoms with Crippen molar-refractivity contribution in [3.8, 4) is 0 Å². The number of carbonyl (C=O) groups excluding carboxylic acids is 1. The lowest BCUT2D eigenvalue weighted by Gasteiger charge is -2.10. The van der Waals surface area contributed by atoms with Crippen molar-refractivity contribution >= 4 is 32.5 Å². The van der Waals surface area contributed by atoms with Gasteiger partial charge in [0.25, 0.3) is 0 Å². The summed E-state index contributed by atoms with van der Waals surface area (Å²) in [6, 6.07) is 6.35. The lowest BCUT2D eigenvalue weighted by Crippen LogP contribution is -2.26. The van der Waals surface area contributed by atoms with Crippen molar-refractivity contribution in [2.24, 2.45) is 5.73 Å². The highest BCUT2D eigenvalue weighted by Crippen LogP contribution is 2.25. The van der Waals surface area contributed by atoms with E-state index >= 15 is 0 Å². The van der Waals surface area contributed by atoms with Gasteiger partial charge in [0.2, 0.25) is 15.9 Å². The molecule has 0 aliphatic heterocycles. The molecular formula is C13H16N4O3S. The van der Waals surface area contributed by atoms with Crippen LogP contribution in [0.4, 0.5) is 5.69 Å². The third-order valence-electron chi connectivity index (χ3n) is 2.95. The molecule has 0 spiro atoms. The van der Waals surface area contributed by atoms with Gasteiger partial charge in [-0.3, -0.25) is 9.78 Å². The number of primary amides is 1. The van der Waals surface area contributed by atoms with Crippen molar-refractivity contribution in [3.63, 3.8) is 0 Å². The van der Waals surface area contributed by atoms with Crippen molar-refractivity contribution in [1.82, 2.24) is 9.71 Å². The highest BCUT2D eigenvalue weighted by Gasteiger charge is 2.18. The number of aromatic nitrogens is 1. The number of hydrogen-bond donors (Lipinski definition) is 3. The molecule has 1 amide bonds. The van der Waals surface area contributed by atoms with E-state index in [4.69, 9.17) is 11.5 Å². The highest BCUT2D eigenvalue weighted by molar-refractivity contribution is 7.89. The molecule has 7 nitrogen and oxygen atoms in total. The van der Waals surface area contributed by atoms with Crippen molar-refractivity contribution < 1.29 is 13.2 Å². The minimum atomic E-state index is -3.72. The number of fused-ring (bicyclic) bond motifs is 1. The van der Waals surface area contributed by atoms with Gasteiger partial charge in [0.1, 0.15) is 4.90 Å². The first-order valence-electron chi connectivity index (χ1n) is 6.33. The summed E-state index contributed by atoms with van der Waals surface area (Å²) in [6.45, 7) is 0.129. The van der Waals surface area contributed by atoms with Gasteiger partial charge >= 0.3 is 0 Å². The summed E-state index contributed by atoms with van der Waals surface area (Å²) in [4.78, 5) is 14.8. The number of nitrogen functional groups attached to an aromatic ring is 1. The molecule has 112 valence electrons. The zero-order valence-corrected chi connectivity index (χ0v) is 12.1. The van der Waals surface area contributed by atoms with E-state index in [0.29, 0.717) is 23.0 Å². The molecule has 21 heavy (non-hydrogen) atoms. The summed E-state index contributed by atoms with van der Waals surface area (Å²) in [7, 11) is -3.72. The van der Waals surface area contributed by atoms with Gasteiger partial charge in [0.05, 0.1) is 5.52 Å². The van der Waals surface area contributed by atoms with Gasteiger partial charge in [-0.25, -0.2) is 13.1 Å². The molecule has 0 saturated heterocycles. The quantitative estimate of drug-likeness (QED) is 0.524. The predicted molar refractivity (Wildman–Crippen MR) is 79.8 cm³/mol. The van der Waals surface area contributed by atoms with Crippen LogP contribution >= 0.6 is 0 Å². The third-order valence-corrected chi connectivity index (χ3v) is 4.44. The average molecular weight is 308 g/mol. The number of nitrogens with zero attached hydrogens (tertiary/aromatic N) is 1. The number of anilines is 1. The first-order chi connectivity index (χ1) is 9.92. The van der Waals surface area contributed by atoms with Gasteiger partial charge in [0.15, 0.2) is 0 Å². The maximum atomic E-state index is 12.3. The molecule has 1 aromatic carbocycles. The van der Waals surface area contributed by atoms with E-state index in [9.17, 15) is 13.2 Å². The molecule has 2 aromatic rings. The van der Waals surface area contributed by atoms with Crippen LogP contribution in [-0.4, -0.2) is 25.9 Å². The van der Waals surface area contributed by atoms with Gasteiger partial charge < -0.3 is 11.5 Å². The molecule has 1 heterocycles. The van der Waals surface area contributed by atoms with Crippen LogP contribution in [0.3, 0.4) is 0 Å². The Hall–Kier alpha value is -2.19. The molecule has 2 rings (SSSR count). The van der Waals surface area contributed by atoms with Crippen molar-refractivity contribution in [1.29, 1.82) is 0 Å². The standard InChI is InChI=1S/C13H16N4O3S/c14-10-5-6-11(13-9(10)3-1-7-16-13)21(19,20)17-8-2-4-12(15)18/h1,3,5-7,17H,2,4,8,14H2,(H2,15,18). The van der Waals surface area contributed by atoms with E-state index in [1.165, 1.54) is 18.3 Å². The summed E-state index contributed by atoms with van der Waals surface area (Å²) in [5.74, 6) is -0.464. The zero-order chi connectivity index (χ0) is 15.5. The average Bonchev–Trinajstić information content (AvgIpc) is 2.44. The lowest BCUT2D eigenvalue weighted by molar-refractivity contribution is -0.118. The van der Waals surface area contributed by atoms with Crippen LogP contribution in [0, 0.1) is 0 Å². The van der Waals surface area contributed by atoms with Gasteiger partial charge in [-0.1, -0.05) is 0 Å². The molecule has 0 aliphatic carbocycles. The zero-order valence-electron chi connectivity index (χ0n) is 11.2. The number of nitrogens with one attached hydrogen (secondary N) is 1. The Morgan fingerprint density at radius 3 is 2.76 bits per heavy atom. The number of amides is 1. The lowest BCUT2D eigenvalue weighted by atomic mass is 10.2. The third kappa shape index (κ3) is 3.47. The Labute approximate surface area is 122 Å². The summed E-state index contributed by atoms with van der Waals surface area (Å²) < 4.78 is 27.0. The van der Waals surface area contributed by atoms with Gasteiger partial charge in [-0.05, 0) is 30.7 Å². The Morgan fingerprint density at radius 2 is 2.05 bits per heavy atom. The molecule has 8 heteroatoms. The second kappa shape index (κ2) is 6.06. The molecule has 0 aliphatic rings. The largest absolute Gasteiger partial charge is 0.398 e. The van der Waals surface area contributed by atoms with Crippen LogP contribution in [0.2, 0.25) is 0 Å². The number of pyridine rings is 1. The summed E-state index contributed by atoms with van der Waals surface area (Å²) in [5, 5.41) is 0.581. The first-order valence-corrected chi connectivity index (χ1v) is 7.81. The van der Waals surface area contributed by atoms with Gasteiger partial charge in [-0.2, -0.15) is 0 Å². The summed E-state index contributed by atoms with van der Waals surface area (Å²) >= 11 is 0. The summed E-state index contributed by atoms with van der Waals surface area (Å²) in [6.07, 6.45) is 1.98. The molecule has 5 N–H and O–H groups in total. The fourth-order valence-corrected chi connectivity index (χ4v) is 3.17. The van der Waals surface area contributed by atoms with E-state index in [1.807, 2.05) is 0 Å². The van der Waals surface area contributed by atoms with Gasteiger partial charge in [-0.15, -0.1) is 0 Å². The van der Waals surface area contributed by atoms with Crippen LogP contribution in [0.1, 0.15) is 12.8 Å². The Balaban J connectivity index is 2.28. The van der Waals surface area contributed by atoms with Crippen LogP contribution in [0.15, 0.2) is 35.4 Å². The number of benzene rings is 1. The second-order valence-corrected chi connectivity index (χ2v) is 6.26. The first kappa shape index (κ1) is 15.2. The molecule has 0 unspecified atom stereocenters. The molecular weight excluding hydrogens is 292 g/mol. The van der Waals surface area contributed by atoms with E-state index in [1.54, 1.807) is 12.1 Å².